The molecule has 0 bridgehead atoms. The fourth-order valence-electron chi connectivity index (χ4n) is 3.97. The predicted octanol–water partition coefficient (Wildman–Crippen LogP) is 3.37. The van der Waals surface area contributed by atoms with Crippen LogP contribution in [0.3, 0.4) is 0 Å². The summed E-state index contributed by atoms with van der Waals surface area (Å²) in [6.07, 6.45) is 1.76. The van der Waals surface area contributed by atoms with Crippen molar-refractivity contribution in [3.63, 3.8) is 0 Å². The third-order valence-electron chi connectivity index (χ3n) is 5.67. The minimum absolute atomic E-state index is 0. The largest absolute Gasteiger partial charge is 0.491 e. The van der Waals surface area contributed by atoms with Crippen molar-refractivity contribution in [2.75, 3.05) is 37.7 Å². The van der Waals surface area contributed by atoms with Crippen LogP contribution in [0, 0.1) is 0 Å². The maximum atomic E-state index is 12.3. The third-order valence-corrected chi connectivity index (χ3v) is 5.67. The zero-order chi connectivity index (χ0) is 21.8. The summed E-state index contributed by atoms with van der Waals surface area (Å²) in [5.41, 5.74) is 3.67. The first kappa shape index (κ1) is 22.8. The molecular weight excluding hydrogens is 438 g/mol. The first-order chi connectivity index (χ1) is 15.8. The Morgan fingerprint density at radius 2 is 1.79 bits per heavy atom. The van der Waals surface area contributed by atoms with E-state index in [-0.39, 0.29) is 18.0 Å². The van der Waals surface area contributed by atoms with Gasteiger partial charge in [0.1, 0.15) is 12.4 Å². The van der Waals surface area contributed by atoms with Gasteiger partial charge in [0.25, 0.3) is 5.56 Å². The summed E-state index contributed by atoms with van der Waals surface area (Å²) < 4.78 is 7.50. The van der Waals surface area contributed by atoms with E-state index in [1.165, 1.54) is 10.4 Å². The molecule has 4 aromatic rings. The fourth-order valence-corrected chi connectivity index (χ4v) is 3.97. The van der Waals surface area contributed by atoms with Gasteiger partial charge in [0.05, 0.1) is 17.8 Å². The van der Waals surface area contributed by atoms with Gasteiger partial charge >= 0.3 is 0 Å². The van der Waals surface area contributed by atoms with Crippen molar-refractivity contribution < 1.29 is 4.74 Å². The van der Waals surface area contributed by atoms with Gasteiger partial charge in [-0.15, -0.1) is 12.4 Å². The van der Waals surface area contributed by atoms with Crippen LogP contribution in [0.1, 0.15) is 0 Å². The summed E-state index contributed by atoms with van der Waals surface area (Å²) in [4.78, 5) is 19.2. The average molecular weight is 464 g/mol. The first-order valence-corrected chi connectivity index (χ1v) is 10.9. The van der Waals surface area contributed by atoms with Gasteiger partial charge in [0.2, 0.25) is 0 Å². The van der Waals surface area contributed by atoms with Crippen molar-refractivity contribution in [2.45, 2.75) is 6.54 Å². The van der Waals surface area contributed by atoms with Gasteiger partial charge in [0, 0.05) is 55.1 Å². The van der Waals surface area contributed by atoms with Crippen LogP contribution in [-0.2, 0) is 6.54 Å². The Hall–Kier alpha value is -3.42. The van der Waals surface area contributed by atoms with Gasteiger partial charge in [-0.2, -0.15) is 5.10 Å². The molecule has 1 aliphatic rings. The first-order valence-electron chi connectivity index (χ1n) is 10.9. The van der Waals surface area contributed by atoms with E-state index in [2.05, 4.69) is 38.5 Å². The van der Waals surface area contributed by atoms with E-state index in [1.807, 2.05) is 36.4 Å². The van der Waals surface area contributed by atoms with Crippen molar-refractivity contribution in [1.82, 2.24) is 20.1 Å². The number of nitrogens with one attached hydrogen (secondary N) is 1. The van der Waals surface area contributed by atoms with Crippen LogP contribution in [0.2, 0.25) is 0 Å². The van der Waals surface area contributed by atoms with Crippen molar-refractivity contribution in [2.24, 2.45) is 0 Å². The number of piperazine rings is 1. The Kier molecular flexibility index (Phi) is 7.22. The van der Waals surface area contributed by atoms with Crippen molar-refractivity contribution in [3.05, 3.63) is 83.3 Å². The van der Waals surface area contributed by atoms with Crippen LogP contribution in [0.5, 0.6) is 5.75 Å². The zero-order valence-corrected chi connectivity index (χ0v) is 19.0. The SMILES string of the molecule is Cl.O=c1ccc(-c2ccccc2)nn1CCOc1ccnc2cc(N3CCNCC3)ccc12. The highest BCUT2D eigenvalue weighted by Crippen LogP contribution is 2.28. The molecule has 33 heavy (non-hydrogen) atoms. The summed E-state index contributed by atoms with van der Waals surface area (Å²) in [6, 6.07) is 21.3. The molecule has 0 amide bonds. The molecular formula is C25H26ClN5O2. The Balaban J connectivity index is 0.00000259. The number of hydrogen-bond acceptors (Lipinski definition) is 6. The maximum Gasteiger partial charge on any atom is 0.266 e. The number of hydrogen-bond donors (Lipinski definition) is 1. The molecule has 0 aliphatic carbocycles. The lowest BCUT2D eigenvalue weighted by molar-refractivity contribution is 0.291. The number of rotatable bonds is 6. The minimum Gasteiger partial charge on any atom is -0.491 e. The Morgan fingerprint density at radius 3 is 2.61 bits per heavy atom. The number of fused-ring (bicyclic) bond motifs is 1. The second-order valence-corrected chi connectivity index (χ2v) is 7.74. The van der Waals surface area contributed by atoms with Gasteiger partial charge in [-0.1, -0.05) is 30.3 Å². The van der Waals surface area contributed by atoms with Crippen LogP contribution in [0.4, 0.5) is 5.69 Å². The van der Waals surface area contributed by atoms with Gasteiger partial charge in [-0.3, -0.25) is 9.78 Å². The summed E-state index contributed by atoms with van der Waals surface area (Å²) in [5, 5.41) is 8.84. The Morgan fingerprint density at radius 1 is 0.970 bits per heavy atom. The van der Waals surface area contributed by atoms with E-state index in [1.54, 1.807) is 18.3 Å². The van der Waals surface area contributed by atoms with Crippen molar-refractivity contribution >= 4 is 29.0 Å². The lowest BCUT2D eigenvalue weighted by Gasteiger charge is -2.29. The summed E-state index contributed by atoms with van der Waals surface area (Å²) in [5.74, 6) is 0.758. The molecule has 1 fully saturated rings. The Bertz CT molecular complexity index is 1270. The standard InChI is InChI=1S/C25H25N5O2.ClH/c31-25-9-8-22(19-4-2-1-3-5-19)28-30(25)16-17-32-24-10-11-27-23-18-20(6-7-21(23)24)29-14-12-26-13-15-29;/h1-11,18,26H,12-17H2;1H. The average Bonchev–Trinajstić information content (AvgIpc) is 2.86. The van der Waals surface area contributed by atoms with E-state index in [0.717, 1.165) is 54.1 Å². The van der Waals surface area contributed by atoms with Gasteiger partial charge < -0.3 is 15.0 Å². The molecule has 7 nitrogen and oxygen atoms in total. The zero-order valence-electron chi connectivity index (χ0n) is 18.2. The molecule has 0 unspecified atom stereocenters. The highest BCUT2D eigenvalue weighted by Gasteiger charge is 2.12. The Labute approximate surface area is 198 Å². The predicted molar refractivity (Wildman–Crippen MR) is 134 cm³/mol. The molecule has 1 aliphatic heterocycles. The monoisotopic (exact) mass is 463 g/mol. The second kappa shape index (κ2) is 10.5. The third kappa shape index (κ3) is 5.16. The van der Waals surface area contributed by atoms with Gasteiger partial charge in [-0.25, -0.2) is 4.68 Å². The normalized spacial score (nSPS) is 13.5. The van der Waals surface area contributed by atoms with Crippen LogP contribution >= 0.6 is 12.4 Å². The number of ether oxygens (including phenoxy) is 1. The summed E-state index contributed by atoms with van der Waals surface area (Å²) in [6.45, 7) is 4.67. The highest BCUT2D eigenvalue weighted by molar-refractivity contribution is 5.87. The van der Waals surface area contributed by atoms with E-state index in [4.69, 9.17) is 4.74 Å². The number of aromatic nitrogens is 3. The van der Waals surface area contributed by atoms with Crippen molar-refractivity contribution in [1.29, 1.82) is 0 Å². The van der Waals surface area contributed by atoms with E-state index >= 15 is 0 Å². The molecule has 170 valence electrons. The number of anilines is 1. The van der Waals surface area contributed by atoms with E-state index in [9.17, 15) is 4.79 Å². The fraction of sp³-hybridized carbons (Fsp3) is 0.240. The number of nitrogens with zero attached hydrogens (tertiary/aromatic N) is 4. The van der Waals surface area contributed by atoms with Crippen molar-refractivity contribution in [3.8, 4) is 17.0 Å². The summed E-state index contributed by atoms with van der Waals surface area (Å²) >= 11 is 0. The molecule has 0 spiro atoms. The van der Waals surface area contributed by atoms with E-state index < -0.39 is 0 Å². The van der Waals surface area contributed by atoms with Crippen LogP contribution in [0.25, 0.3) is 22.2 Å². The van der Waals surface area contributed by atoms with Crippen LogP contribution in [-0.4, -0.2) is 47.6 Å². The smallest absolute Gasteiger partial charge is 0.266 e. The topological polar surface area (TPSA) is 72.3 Å². The molecule has 2 aromatic carbocycles. The van der Waals surface area contributed by atoms with Gasteiger partial charge in [0.15, 0.2) is 0 Å². The second-order valence-electron chi connectivity index (χ2n) is 7.74. The van der Waals surface area contributed by atoms with Gasteiger partial charge in [-0.05, 0) is 30.3 Å². The van der Waals surface area contributed by atoms with Crippen LogP contribution < -0.4 is 20.5 Å². The maximum absolute atomic E-state index is 12.3. The molecule has 2 aromatic heterocycles. The number of halogens is 1. The lowest BCUT2D eigenvalue weighted by Crippen LogP contribution is -2.43. The molecule has 3 heterocycles. The number of benzene rings is 2. The quantitative estimate of drug-likeness (QED) is 0.472. The molecule has 1 saturated heterocycles. The molecule has 0 saturated carbocycles. The molecule has 8 heteroatoms. The molecule has 0 radical (unpaired) electrons. The molecule has 5 rings (SSSR count). The van der Waals surface area contributed by atoms with Crippen LogP contribution in [0.15, 0.2) is 77.7 Å². The highest BCUT2D eigenvalue weighted by atomic mass is 35.5. The van der Waals surface area contributed by atoms with E-state index in [0.29, 0.717) is 13.2 Å². The molecule has 1 N–H and O–H groups in total. The summed E-state index contributed by atoms with van der Waals surface area (Å²) in [7, 11) is 0. The molecule has 0 atom stereocenters. The number of pyridine rings is 1. The lowest BCUT2D eigenvalue weighted by atomic mass is 10.1. The minimum atomic E-state index is -0.145.